The maximum absolute atomic E-state index is 5.67. The van der Waals surface area contributed by atoms with E-state index in [4.69, 9.17) is 4.74 Å². The fraction of sp³-hybridized carbons (Fsp3) is 0.308. The molecule has 0 aliphatic rings. The Morgan fingerprint density at radius 2 is 2.06 bits per heavy atom. The van der Waals surface area contributed by atoms with Crippen LogP contribution in [0.25, 0.3) is 0 Å². The molecule has 0 atom stereocenters. The molecule has 0 aliphatic heterocycles. The largest absolute Gasteiger partial charge is 0.492 e. The zero-order valence-corrected chi connectivity index (χ0v) is 11.9. The second kappa shape index (κ2) is 6.56. The average Bonchev–Trinajstić information content (AvgIpc) is 2.80. The third-order valence-electron chi connectivity index (χ3n) is 2.55. The first-order valence-corrected chi connectivity index (χ1v) is 6.62. The van der Waals surface area contributed by atoms with Crippen molar-refractivity contribution in [1.82, 2.24) is 15.1 Å². The number of aromatic nitrogens is 2. The lowest BCUT2D eigenvalue weighted by atomic mass is 10.3. The van der Waals surface area contributed by atoms with Gasteiger partial charge in [-0.25, -0.2) is 0 Å². The summed E-state index contributed by atoms with van der Waals surface area (Å²) < 4.78 is 8.67. The highest BCUT2D eigenvalue weighted by Gasteiger charge is 2.01. The Hall–Kier alpha value is -1.33. The Balaban J connectivity index is 1.84. The molecular weight excluding hydrogens is 294 g/mol. The molecule has 0 saturated heterocycles. The lowest BCUT2D eigenvalue weighted by Gasteiger charge is -2.09. The second-order valence-electron chi connectivity index (χ2n) is 3.88. The van der Waals surface area contributed by atoms with Gasteiger partial charge in [-0.15, -0.1) is 0 Å². The van der Waals surface area contributed by atoms with Gasteiger partial charge in [0.15, 0.2) is 0 Å². The van der Waals surface area contributed by atoms with Crippen molar-refractivity contribution in [1.29, 1.82) is 0 Å². The minimum absolute atomic E-state index is 0.611. The van der Waals surface area contributed by atoms with E-state index < -0.39 is 0 Å². The summed E-state index contributed by atoms with van der Waals surface area (Å²) in [6, 6.07) is 9.84. The van der Waals surface area contributed by atoms with Crippen LogP contribution in [0.5, 0.6) is 5.75 Å². The van der Waals surface area contributed by atoms with Gasteiger partial charge in [0.05, 0.1) is 12.2 Å². The molecule has 0 spiro atoms. The van der Waals surface area contributed by atoms with Gasteiger partial charge in [-0.3, -0.25) is 4.68 Å². The number of benzene rings is 1. The topological polar surface area (TPSA) is 39.1 Å². The Bertz CT molecular complexity index is 481. The molecule has 1 N–H and O–H groups in total. The molecule has 96 valence electrons. The number of hydrogen-bond acceptors (Lipinski definition) is 3. The number of hydrogen-bond donors (Lipinski definition) is 1. The minimum Gasteiger partial charge on any atom is -0.492 e. The van der Waals surface area contributed by atoms with Crippen LogP contribution in [0.3, 0.4) is 0 Å². The van der Waals surface area contributed by atoms with Crippen molar-refractivity contribution in [2.24, 2.45) is 0 Å². The third kappa shape index (κ3) is 3.58. The molecule has 0 saturated carbocycles. The van der Waals surface area contributed by atoms with E-state index in [2.05, 4.69) is 26.3 Å². The SMILES string of the molecule is CNCc1ccnn1CCOc1ccc(Br)cc1. The van der Waals surface area contributed by atoms with E-state index in [9.17, 15) is 0 Å². The van der Waals surface area contributed by atoms with Crippen LogP contribution in [0.15, 0.2) is 41.0 Å². The fourth-order valence-corrected chi connectivity index (χ4v) is 1.94. The number of halogens is 1. The first-order valence-electron chi connectivity index (χ1n) is 5.83. The van der Waals surface area contributed by atoms with Gasteiger partial charge in [0.25, 0.3) is 0 Å². The summed E-state index contributed by atoms with van der Waals surface area (Å²) in [5.74, 6) is 0.875. The maximum atomic E-state index is 5.67. The van der Waals surface area contributed by atoms with Crippen molar-refractivity contribution in [2.45, 2.75) is 13.1 Å². The molecule has 1 aromatic heterocycles. The van der Waals surface area contributed by atoms with Gasteiger partial charge in [0.2, 0.25) is 0 Å². The molecule has 2 aromatic rings. The van der Waals surface area contributed by atoms with Crippen molar-refractivity contribution in [3.63, 3.8) is 0 Å². The van der Waals surface area contributed by atoms with Crippen LogP contribution in [0.2, 0.25) is 0 Å². The Morgan fingerprint density at radius 3 is 2.78 bits per heavy atom. The first kappa shape index (κ1) is 13.1. The van der Waals surface area contributed by atoms with Crippen molar-refractivity contribution >= 4 is 15.9 Å². The van der Waals surface area contributed by atoms with E-state index in [1.807, 2.05) is 48.3 Å². The van der Waals surface area contributed by atoms with Gasteiger partial charge in [0.1, 0.15) is 12.4 Å². The molecule has 0 radical (unpaired) electrons. The van der Waals surface area contributed by atoms with Gasteiger partial charge in [-0.05, 0) is 37.4 Å². The summed E-state index contributed by atoms with van der Waals surface area (Å²) in [5.41, 5.74) is 1.16. The molecule has 0 unspecified atom stereocenters. The summed E-state index contributed by atoms with van der Waals surface area (Å²) >= 11 is 3.40. The first-order chi connectivity index (χ1) is 8.79. The predicted molar refractivity (Wildman–Crippen MR) is 74.6 cm³/mol. The second-order valence-corrected chi connectivity index (χ2v) is 4.79. The van der Waals surface area contributed by atoms with Gasteiger partial charge in [-0.1, -0.05) is 15.9 Å². The standard InChI is InChI=1S/C13H16BrN3O/c1-15-10-12-6-7-16-17(12)8-9-18-13-4-2-11(14)3-5-13/h2-7,15H,8-10H2,1H3. The van der Waals surface area contributed by atoms with Crippen LogP contribution in [-0.4, -0.2) is 23.4 Å². The van der Waals surface area contributed by atoms with Gasteiger partial charge in [0, 0.05) is 17.2 Å². The molecular formula is C13H16BrN3O. The smallest absolute Gasteiger partial charge is 0.119 e. The normalized spacial score (nSPS) is 10.6. The van der Waals surface area contributed by atoms with Crippen molar-refractivity contribution in [3.05, 3.63) is 46.7 Å². The van der Waals surface area contributed by atoms with Crippen LogP contribution in [0.4, 0.5) is 0 Å². The maximum Gasteiger partial charge on any atom is 0.119 e. The summed E-state index contributed by atoms with van der Waals surface area (Å²) in [6.07, 6.45) is 1.81. The average molecular weight is 310 g/mol. The lowest BCUT2D eigenvalue weighted by molar-refractivity contribution is 0.288. The molecule has 1 aromatic carbocycles. The van der Waals surface area contributed by atoms with Crippen LogP contribution in [0, 0.1) is 0 Å². The number of ether oxygens (including phenoxy) is 1. The molecule has 18 heavy (non-hydrogen) atoms. The molecule has 0 aliphatic carbocycles. The van der Waals surface area contributed by atoms with Gasteiger partial charge in [-0.2, -0.15) is 5.10 Å². The third-order valence-corrected chi connectivity index (χ3v) is 3.08. The van der Waals surface area contributed by atoms with E-state index in [-0.39, 0.29) is 0 Å². The molecule has 1 heterocycles. The summed E-state index contributed by atoms with van der Waals surface area (Å²) in [6.45, 7) is 2.18. The van der Waals surface area contributed by atoms with Crippen LogP contribution >= 0.6 is 15.9 Å². The van der Waals surface area contributed by atoms with Crippen LogP contribution < -0.4 is 10.1 Å². The summed E-state index contributed by atoms with van der Waals surface area (Å²) in [7, 11) is 1.93. The zero-order chi connectivity index (χ0) is 12.8. The van der Waals surface area contributed by atoms with Crippen LogP contribution in [-0.2, 0) is 13.1 Å². The van der Waals surface area contributed by atoms with Gasteiger partial charge >= 0.3 is 0 Å². The Morgan fingerprint density at radius 1 is 1.28 bits per heavy atom. The van der Waals surface area contributed by atoms with E-state index in [0.717, 1.165) is 29.0 Å². The summed E-state index contributed by atoms with van der Waals surface area (Å²) in [5, 5.41) is 7.39. The van der Waals surface area contributed by atoms with E-state index in [0.29, 0.717) is 6.61 Å². The highest BCUT2D eigenvalue weighted by Crippen LogP contribution is 2.16. The van der Waals surface area contributed by atoms with Crippen molar-refractivity contribution in [3.8, 4) is 5.75 Å². The van der Waals surface area contributed by atoms with Gasteiger partial charge < -0.3 is 10.1 Å². The Labute approximate surface area is 115 Å². The van der Waals surface area contributed by atoms with E-state index >= 15 is 0 Å². The minimum atomic E-state index is 0.611. The van der Waals surface area contributed by atoms with Crippen molar-refractivity contribution < 1.29 is 4.74 Å². The molecule has 5 heteroatoms. The molecule has 4 nitrogen and oxygen atoms in total. The number of rotatable bonds is 6. The van der Waals surface area contributed by atoms with E-state index in [1.165, 1.54) is 0 Å². The molecule has 0 bridgehead atoms. The van der Waals surface area contributed by atoms with Crippen LogP contribution in [0.1, 0.15) is 5.69 Å². The fourth-order valence-electron chi connectivity index (χ4n) is 1.67. The monoisotopic (exact) mass is 309 g/mol. The molecule has 0 amide bonds. The predicted octanol–water partition coefficient (Wildman–Crippen LogP) is 2.44. The highest BCUT2D eigenvalue weighted by atomic mass is 79.9. The van der Waals surface area contributed by atoms with E-state index in [1.54, 1.807) is 0 Å². The molecule has 0 fully saturated rings. The zero-order valence-electron chi connectivity index (χ0n) is 10.3. The quantitative estimate of drug-likeness (QED) is 0.891. The lowest BCUT2D eigenvalue weighted by Crippen LogP contribution is -2.15. The Kier molecular flexibility index (Phi) is 4.78. The number of nitrogens with zero attached hydrogens (tertiary/aromatic N) is 2. The highest BCUT2D eigenvalue weighted by molar-refractivity contribution is 9.10. The molecule has 2 rings (SSSR count). The summed E-state index contributed by atoms with van der Waals surface area (Å²) in [4.78, 5) is 0. The number of nitrogens with one attached hydrogen (secondary N) is 1. The van der Waals surface area contributed by atoms with Crippen molar-refractivity contribution in [2.75, 3.05) is 13.7 Å².